The van der Waals surface area contributed by atoms with Crippen LogP contribution >= 0.6 is 0 Å². The Hall–Kier alpha value is -4.09. The first-order valence-electron chi connectivity index (χ1n) is 19.5. The minimum atomic E-state index is -0.138. The second kappa shape index (κ2) is 19.8. The Bertz CT molecular complexity index is 1710. The normalized spacial score (nSPS) is 23.3. The molecular weight excluding hydrogens is 655 g/mol. The van der Waals surface area contributed by atoms with Crippen molar-refractivity contribution >= 4 is 17.5 Å². The van der Waals surface area contributed by atoms with Crippen molar-refractivity contribution in [3.8, 4) is 0 Å². The first kappa shape index (κ1) is 43.3. The third kappa shape index (κ3) is 12.8. The summed E-state index contributed by atoms with van der Waals surface area (Å²) in [5.41, 5.74) is 8.42. The summed E-state index contributed by atoms with van der Waals surface area (Å²) in [6.07, 6.45) is 33.0. The fraction of sp³-hybridized carbons (Fsp3) is 0.479. The van der Waals surface area contributed by atoms with Crippen molar-refractivity contribution in [2.75, 3.05) is 19.7 Å². The molecule has 2 aliphatic carbocycles. The van der Waals surface area contributed by atoms with Crippen LogP contribution in [0.4, 0.5) is 0 Å². The molecule has 0 radical (unpaired) electrons. The third-order valence-corrected chi connectivity index (χ3v) is 10.9. The molecule has 0 spiro atoms. The Labute approximate surface area is 321 Å². The lowest BCUT2D eigenvalue weighted by Crippen LogP contribution is -2.51. The molecule has 0 aromatic rings. The van der Waals surface area contributed by atoms with Gasteiger partial charge < -0.3 is 4.74 Å². The highest BCUT2D eigenvalue weighted by molar-refractivity contribution is 6.01. The summed E-state index contributed by atoms with van der Waals surface area (Å²) in [4.78, 5) is 40.3. The van der Waals surface area contributed by atoms with E-state index in [-0.39, 0.29) is 40.3 Å². The van der Waals surface area contributed by atoms with Crippen LogP contribution in [-0.2, 0) is 19.1 Å². The van der Waals surface area contributed by atoms with E-state index in [0.29, 0.717) is 13.0 Å². The molecule has 53 heavy (non-hydrogen) atoms. The van der Waals surface area contributed by atoms with Gasteiger partial charge in [0, 0.05) is 6.42 Å². The van der Waals surface area contributed by atoms with E-state index in [1.54, 1.807) is 0 Å². The number of piperidine rings is 1. The van der Waals surface area contributed by atoms with Gasteiger partial charge in [-0.25, -0.2) is 0 Å². The van der Waals surface area contributed by atoms with Gasteiger partial charge in [0.05, 0.1) is 18.6 Å². The van der Waals surface area contributed by atoms with Crippen molar-refractivity contribution in [2.24, 2.45) is 16.7 Å². The van der Waals surface area contributed by atoms with Gasteiger partial charge in [0.15, 0.2) is 11.6 Å². The second-order valence-corrected chi connectivity index (χ2v) is 16.3. The highest BCUT2D eigenvalue weighted by Gasteiger charge is 2.42. The van der Waals surface area contributed by atoms with Gasteiger partial charge in [0.25, 0.3) is 0 Å². The van der Waals surface area contributed by atoms with Crippen LogP contribution in [0.25, 0.3) is 0 Å². The van der Waals surface area contributed by atoms with Gasteiger partial charge in [-0.15, -0.1) is 0 Å². The van der Waals surface area contributed by atoms with Crippen molar-refractivity contribution in [2.45, 2.75) is 114 Å². The molecule has 0 amide bonds. The third-order valence-electron chi connectivity index (χ3n) is 10.9. The zero-order valence-corrected chi connectivity index (χ0v) is 34.5. The highest BCUT2D eigenvalue weighted by Crippen LogP contribution is 2.42. The first-order chi connectivity index (χ1) is 25.0. The van der Waals surface area contributed by atoms with E-state index >= 15 is 0 Å². The molecule has 1 saturated heterocycles. The summed E-state index contributed by atoms with van der Waals surface area (Å²) in [7, 11) is 0. The molecule has 0 N–H and O–H groups in total. The summed E-state index contributed by atoms with van der Waals surface area (Å²) < 4.78 is 5.23. The van der Waals surface area contributed by atoms with Crippen LogP contribution in [-0.4, -0.2) is 48.2 Å². The van der Waals surface area contributed by atoms with E-state index in [9.17, 15) is 14.4 Å². The summed E-state index contributed by atoms with van der Waals surface area (Å²) in [6.45, 7) is 24.9. The molecule has 3 rings (SSSR count). The molecule has 0 aromatic carbocycles. The number of carbonyl (C=O) groups excluding carboxylic acids is 3. The summed E-state index contributed by atoms with van der Waals surface area (Å²) in [6, 6.07) is -0.138. The second-order valence-electron chi connectivity index (χ2n) is 16.3. The van der Waals surface area contributed by atoms with Gasteiger partial charge in [0.1, 0.15) is 0 Å². The largest absolute Gasteiger partial charge is 0.466 e. The molecule has 1 unspecified atom stereocenters. The average molecular weight is 720 g/mol. The molecule has 1 aliphatic heterocycles. The standard InChI is InChI=1S/C48H65NO4/c1-12-53-46(52)40-28-31-49(32-29-40)43-33-48(10,11)42(39(7)45(43)51)26-24-37(5)22-16-20-35(3)18-14-13-17-34(2)19-15-21-36(4)23-25-41-38(6)44(50)27-30-47(41,8)9/h13-26,40,43H,12,27-33H2,1-11H3. The highest BCUT2D eigenvalue weighted by atomic mass is 16.5. The van der Waals surface area contributed by atoms with Crippen molar-refractivity contribution in [1.29, 1.82) is 0 Å². The maximum atomic E-state index is 13.6. The molecule has 1 heterocycles. The van der Waals surface area contributed by atoms with Gasteiger partial charge >= 0.3 is 5.97 Å². The molecule has 286 valence electrons. The van der Waals surface area contributed by atoms with Gasteiger partial charge in [-0.3, -0.25) is 19.3 Å². The van der Waals surface area contributed by atoms with Gasteiger partial charge in [-0.05, 0) is 120 Å². The summed E-state index contributed by atoms with van der Waals surface area (Å²) >= 11 is 0. The maximum Gasteiger partial charge on any atom is 0.309 e. The molecule has 1 fully saturated rings. The Balaban J connectivity index is 1.53. The monoisotopic (exact) mass is 719 g/mol. The number of nitrogens with zero attached hydrogens (tertiary/aromatic N) is 1. The lowest BCUT2D eigenvalue weighted by molar-refractivity contribution is -0.150. The van der Waals surface area contributed by atoms with E-state index in [4.69, 9.17) is 4.74 Å². The van der Waals surface area contributed by atoms with Crippen LogP contribution in [0.2, 0.25) is 0 Å². The topological polar surface area (TPSA) is 63.7 Å². The van der Waals surface area contributed by atoms with Crippen molar-refractivity contribution < 1.29 is 19.1 Å². The Morgan fingerprint density at radius 2 is 1.19 bits per heavy atom. The predicted octanol–water partition coefficient (Wildman–Crippen LogP) is 11.2. The van der Waals surface area contributed by atoms with E-state index in [1.807, 2.05) is 32.9 Å². The lowest BCUT2D eigenvalue weighted by Gasteiger charge is -2.43. The maximum absolute atomic E-state index is 13.6. The van der Waals surface area contributed by atoms with Crippen LogP contribution in [0.15, 0.2) is 130 Å². The molecule has 1 atom stereocenters. The van der Waals surface area contributed by atoms with E-state index in [2.05, 4.69) is 133 Å². The SMILES string of the molecule is CCOC(=O)C1CCN(C2CC(C)(C)C(C=CC(C)=CC=CC(C)=CC=CC=C(C)C=CC=C(C)C=CC3=C(C)C(=O)CCC3(C)C)=C(C)C2=O)CC1. The molecule has 0 bridgehead atoms. The van der Waals surface area contributed by atoms with Crippen LogP contribution in [0.3, 0.4) is 0 Å². The first-order valence-corrected chi connectivity index (χ1v) is 19.5. The molecule has 0 aromatic heterocycles. The zero-order valence-electron chi connectivity index (χ0n) is 34.5. The number of ether oxygens (including phenoxy) is 1. The van der Waals surface area contributed by atoms with Gasteiger partial charge in [-0.1, -0.05) is 135 Å². The predicted molar refractivity (Wildman–Crippen MR) is 222 cm³/mol. The van der Waals surface area contributed by atoms with Crippen molar-refractivity contribution in [3.05, 3.63) is 130 Å². The van der Waals surface area contributed by atoms with E-state index in [0.717, 1.165) is 83.4 Å². The van der Waals surface area contributed by atoms with Crippen LogP contribution < -0.4 is 0 Å². The van der Waals surface area contributed by atoms with Gasteiger partial charge in [-0.2, -0.15) is 0 Å². The number of likely N-dealkylation sites (tertiary alicyclic amines) is 1. The minimum Gasteiger partial charge on any atom is -0.466 e. The van der Waals surface area contributed by atoms with Crippen molar-refractivity contribution in [3.63, 3.8) is 0 Å². The number of ketones is 2. The molecule has 0 saturated carbocycles. The molecular formula is C48H65NO4. The van der Waals surface area contributed by atoms with Gasteiger partial charge in [0.2, 0.25) is 0 Å². The Kier molecular flexibility index (Phi) is 16.2. The number of allylic oxidation sites excluding steroid dienone is 21. The average Bonchev–Trinajstić information content (AvgIpc) is 3.10. The van der Waals surface area contributed by atoms with Crippen LogP contribution in [0.1, 0.15) is 108 Å². The number of Topliss-reactive ketones (excluding diaryl/α,β-unsaturated/α-hetero) is 2. The number of rotatable bonds is 13. The fourth-order valence-corrected chi connectivity index (χ4v) is 7.46. The fourth-order valence-electron chi connectivity index (χ4n) is 7.46. The number of esters is 1. The smallest absolute Gasteiger partial charge is 0.309 e. The Morgan fingerprint density at radius 1 is 0.717 bits per heavy atom. The zero-order chi connectivity index (χ0) is 39.3. The Morgan fingerprint density at radius 3 is 1.70 bits per heavy atom. The molecule has 5 heteroatoms. The summed E-state index contributed by atoms with van der Waals surface area (Å²) in [5.74, 6) is 0.308. The minimum absolute atomic E-state index is 0.0276. The molecule has 3 aliphatic rings. The molecule has 5 nitrogen and oxygen atoms in total. The summed E-state index contributed by atoms with van der Waals surface area (Å²) in [5, 5.41) is 0. The quantitative estimate of drug-likeness (QED) is 0.140. The lowest BCUT2D eigenvalue weighted by atomic mass is 9.69. The van der Waals surface area contributed by atoms with E-state index < -0.39 is 0 Å². The van der Waals surface area contributed by atoms with E-state index in [1.165, 1.54) is 0 Å². The number of hydrogen-bond acceptors (Lipinski definition) is 5. The number of hydrogen-bond donors (Lipinski definition) is 0. The number of carbonyl (C=O) groups is 3. The van der Waals surface area contributed by atoms with Crippen molar-refractivity contribution in [1.82, 2.24) is 4.90 Å². The van der Waals surface area contributed by atoms with Crippen LogP contribution in [0.5, 0.6) is 0 Å². The van der Waals surface area contributed by atoms with Crippen LogP contribution in [0, 0.1) is 16.7 Å².